The number of rotatable bonds is 6. The van der Waals surface area contributed by atoms with Crippen molar-refractivity contribution in [2.24, 2.45) is 0 Å². The van der Waals surface area contributed by atoms with Gasteiger partial charge in [0.15, 0.2) is 6.61 Å². The Kier molecular flexibility index (Phi) is 5.49. The number of amides is 1. The van der Waals surface area contributed by atoms with Crippen LogP contribution in [0.25, 0.3) is 0 Å². The van der Waals surface area contributed by atoms with E-state index in [0.717, 1.165) is 24.8 Å². The van der Waals surface area contributed by atoms with Crippen molar-refractivity contribution < 1.29 is 14.3 Å². The number of hydrogen-bond acceptors (Lipinski definition) is 3. The molecule has 4 nitrogen and oxygen atoms in total. The van der Waals surface area contributed by atoms with Gasteiger partial charge in [0.25, 0.3) is 5.91 Å². The molecule has 2 aromatic rings. The molecule has 0 aromatic heterocycles. The predicted molar refractivity (Wildman–Crippen MR) is 96.6 cm³/mol. The molecule has 0 radical (unpaired) electrons. The number of nitrogens with one attached hydrogen (secondary N) is 1. The van der Waals surface area contributed by atoms with Crippen LogP contribution >= 0.6 is 0 Å². The highest BCUT2D eigenvalue weighted by molar-refractivity contribution is 5.91. The SMILES string of the molecule is C[C@H](CNC(=O)COC(=O)c1ccc2c(c1)CCC2)c1ccccc1. The number of carbonyl (C=O) groups is 2. The quantitative estimate of drug-likeness (QED) is 0.823. The lowest BCUT2D eigenvalue weighted by atomic mass is 10.0. The first-order chi connectivity index (χ1) is 12.1. The highest BCUT2D eigenvalue weighted by Gasteiger charge is 2.16. The first-order valence-electron chi connectivity index (χ1n) is 8.74. The van der Waals surface area contributed by atoms with E-state index in [2.05, 4.69) is 5.32 Å². The number of benzene rings is 2. The van der Waals surface area contributed by atoms with Crippen molar-refractivity contribution in [3.63, 3.8) is 0 Å². The van der Waals surface area contributed by atoms with Crippen LogP contribution in [0.1, 0.15) is 46.3 Å². The summed E-state index contributed by atoms with van der Waals surface area (Å²) in [7, 11) is 0. The second-order valence-corrected chi connectivity index (χ2v) is 6.53. The lowest BCUT2D eigenvalue weighted by Crippen LogP contribution is -2.31. The smallest absolute Gasteiger partial charge is 0.338 e. The van der Waals surface area contributed by atoms with Crippen LogP contribution in [0.5, 0.6) is 0 Å². The van der Waals surface area contributed by atoms with Crippen LogP contribution in [-0.4, -0.2) is 25.0 Å². The van der Waals surface area contributed by atoms with Crippen LogP contribution in [0.15, 0.2) is 48.5 Å². The molecule has 0 unspecified atom stereocenters. The van der Waals surface area contributed by atoms with Crippen molar-refractivity contribution in [2.75, 3.05) is 13.2 Å². The average Bonchev–Trinajstić information content (AvgIpc) is 3.12. The van der Waals surface area contributed by atoms with Gasteiger partial charge in [0.05, 0.1) is 5.56 Å². The van der Waals surface area contributed by atoms with Crippen LogP contribution in [-0.2, 0) is 22.4 Å². The molecule has 1 amide bonds. The van der Waals surface area contributed by atoms with Crippen molar-refractivity contribution >= 4 is 11.9 Å². The zero-order chi connectivity index (χ0) is 17.6. The molecule has 0 spiro atoms. The molecule has 0 heterocycles. The van der Waals surface area contributed by atoms with E-state index in [1.165, 1.54) is 11.1 Å². The maximum Gasteiger partial charge on any atom is 0.338 e. The molecule has 0 aliphatic heterocycles. The van der Waals surface area contributed by atoms with E-state index in [-0.39, 0.29) is 18.4 Å². The van der Waals surface area contributed by atoms with Gasteiger partial charge < -0.3 is 10.1 Å². The summed E-state index contributed by atoms with van der Waals surface area (Å²) in [6, 6.07) is 15.6. The lowest BCUT2D eigenvalue weighted by Gasteiger charge is -2.13. The van der Waals surface area contributed by atoms with Gasteiger partial charge in [0.2, 0.25) is 0 Å². The van der Waals surface area contributed by atoms with Crippen LogP contribution in [0, 0.1) is 0 Å². The molecular weight excluding hydrogens is 314 g/mol. The number of aryl methyl sites for hydroxylation is 2. The zero-order valence-electron chi connectivity index (χ0n) is 14.5. The van der Waals surface area contributed by atoms with E-state index in [1.807, 2.05) is 49.4 Å². The van der Waals surface area contributed by atoms with Crippen LogP contribution in [0.2, 0.25) is 0 Å². The fourth-order valence-corrected chi connectivity index (χ4v) is 3.13. The minimum Gasteiger partial charge on any atom is -0.452 e. The molecular formula is C21H23NO3. The molecule has 1 aliphatic carbocycles. The van der Waals surface area contributed by atoms with Gasteiger partial charge in [-0.1, -0.05) is 43.3 Å². The maximum absolute atomic E-state index is 12.1. The normalized spacial score (nSPS) is 13.8. The van der Waals surface area contributed by atoms with Gasteiger partial charge in [-0.3, -0.25) is 4.79 Å². The molecule has 0 bridgehead atoms. The number of fused-ring (bicyclic) bond motifs is 1. The third-order valence-corrected chi connectivity index (χ3v) is 4.64. The largest absolute Gasteiger partial charge is 0.452 e. The third-order valence-electron chi connectivity index (χ3n) is 4.64. The molecule has 2 aromatic carbocycles. The Morgan fingerprint density at radius 3 is 2.64 bits per heavy atom. The van der Waals surface area contributed by atoms with Crippen molar-refractivity contribution in [3.8, 4) is 0 Å². The predicted octanol–water partition coefficient (Wildman–Crippen LogP) is 3.25. The van der Waals surface area contributed by atoms with Crippen molar-refractivity contribution in [2.45, 2.75) is 32.1 Å². The summed E-state index contributed by atoms with van der Waals surface area (Å²) in [5.74, 6) is -0.518. The van der Waals surface area contributed by atoms with E-state index in [0.29, 0.717) is 12.1 Å². The van der Waals surface area contributed by atoms with E-state index in [1.54, 1.807) is 6.07 Å². The molecule has 25 heavy (non-hydrogen) atoms. The number of hydrogen-bond donors (Lipinski definition) is 1. The van der Waals surface area contributed by atoms with E-state index in [4.69, 9.17) is 4.74 Å². The second-order valence-electron chi connectivity index (χ2n) is 6.53. The van der Waals surface area contributed by atoms with Gasteiger partial charge in [-0.05, 0) is 54.0 Å². The second kappa shape index (κ2) is 7.97. The molecule has 4 heteroatoms. The monoisotopic (exact) mass is 337 g/mol. The number of carbonyl (C=O) groups excluding carboxylic acids is 2. The summed E-state index contributed by atoms with van der Waals surface area (Å²) in [6.07, 6.45) is 3.22. The van der Waals surface area contributed by atoms with Gasteiger partial charge in [0.1, 0.15) is 0 Å². The fraction of sp³-hybridized carbons (Fsp3) is 0.333. The molecule has 1 atom stereocenters. The Morgan fingerprint density at radius 1 is 1.08 bits per heavy atom. The van der Waals surface area contributed by atoms with Gasteiger partial charge >= 0.3 is 5.97 Å². The fourth-order valence-electron chi connectivity index (χ4n) is 3.13. The molecule has 1 N–H and O–H groups in total. The minimum absolute atomic E-state index is 0.206. The Labute approximate surface area is 148 Å². The van der Waals surface area contributed by atoms with E-state index >= 15 is 0 Å². The summed E-state index contributed by atoms with van der Waals surface area (Å²) in [5.41, 5.74) is 4.21. The van der Waals surface area contributed by atoms with Gasteiger partial charge in [0, 0.05) is 6.54 Å². The standard InChI is InChI=1S/C21H23NO3/c1-15(16-6-3-2-4-7-16)13-22-20(23)14-25-21(24)19-11-10-17-8-5-9-18(17)12-19/h2-4,6-7,10-12,15H,5,8-9,13-14H2,1H3,(H,22,23)/t15-/m1/s1. The maximum atomic E-state index is 12.1. The minimum atomic E-state index is -0.444. The topological polar surface area (TPSA) is 55.4 Å². The molecule has 1 aliphatic rings. The molecule has 0 saturated heterocycles. The Balaban J connectivity index is 1.45. The Bertz CT molecular complexity index is 755. The third kappa shape index (κ3) is 4.47. The van der Waals surface area contributed by atoms with E-state index in [9.17, 15) is 9.59 Å². The van der Waals surface area contributed by atoms with Crippen molar-refractivity contribution in [1.29, 1.82) is 0 Å². The average molecular weight is 337 g/mol. The van der Waals surface area contributed by atoms with Gasteiger partial charge in [-0.25, -0.2) is 4.79 Å². The molecule has 0 saturated carbocycles. The van der Waals surface area contributed by atoms with Crippen molar-refractivity contribution in [1.82, 2.24) is 5.32 Å². The molecule has 3 rings (SSSR count). The van der Waals surface area contributed by atoms with Gasteiger partial charge in [-0.2, -0.15) is 0 Å². The highest BCUT2D eigenvalue weighted by Crippen LogP contribution is 2.23. The Morgan fingerprint density at radius 2 is 1.84 bits per heavy atom. The first-order valence-corrected chi connectivity index (χ1v) is 8.74. The summed E-state index contributed by atoms with van der Waals surface area (Å²) in [6.45, 7) is 2.31. The summed E-state index contributed by atoms with van der Waals surface area (Å²) >= 11 is 0. The molecule has 130 valence electrons. The first kappa shape index (κ1) is 17.2. The van der Waals surface area contributed by atoms with Crippen LogP contribution < -0.4 is 5.32 Å². The zero-order valence-corrected chi connectivity index (χ0v) is 14.5. The van der Waals surface area contributed by atoms with Crippen LogP contribution in [0.3, 0.4) is 0 Å². The highest BCUT2D eigenvalue weighted by atomic mass is 16.5. The molecule has 0 fully saturated rings. The summed E-state index contributed by atoms with van der Waals surface area (Å²) in [5, 5.41) is 2.81. The number of esters is 1. The van der Waals surface area contributed by atoms with E-state index < -0.39 is 5.97 Å². The number of ether oxygens (including phenoxy) is 1. The summed E-state index contributed by atoms with van der Waals surface area (Å²) < 4.78 is 5.14. The van der Waals surface area contributed by atoms with Crippen molar-refractivity contribution in [3.05, 3.63) is 70.8 Å². The summed E-state index contributed by atoms with van der Waals surface area (Å²) in [4.78, 5) is 24.0. The van der Waals surface area contributed by atoms with Gasteiger partial charge in [-0.15, -0.1) is 0 Å². The lowest BCUT2D eigenvalue weighted by molar-refractivity contribution is -0.124. The Hall–Kier alpha value is -2.62. The van der Waals surface area contributed by atoms with Crippen LogP contribution in [0.4, 0.5) is 0 Å².